The first-order valence-electron chi connectivity index (χ1n) is 4.28. The van der Waals surface area contributed by atoms with E-state index in [1.54, 1.807) is 6.92 Å². The number of rotatable bonds is 1. The maximum atomic E-state index is 9.42. The number of aliphatic hydroxyl groups excluding tert-OH is 1. The van der Waals surface area contributed by atoms with Crippen LogP contribution in [0.3, 0.4) is 0 Å². The van der Waals surface area contributed by atoms with Crippen LogP contribution in [0.4, 0.5) is 0 Å². The average molecular weight is 164 g/mol. The Bertz CT molecular complexity index is 287. The smallest absolute Gasteiger partial charge is 0.0764 e. The molecule has 0 radical (unpaired) electrons. The highest BCUT2D eigenvalue weighted by atomic mass is 16.3. The molecule has 0 aliphatic carbocycles. The third-order valence-electron chi connectivity index (χ3n) is 2.33. The Morgan fingerprint density at radius 2 is 1.50 bits per heavy atom. The van der Waals surface area contributed by atoms with Crippen LogP contribution in [0.15, 0.2) is 12.1 Å². The maximum absolute atomic E-state index is 9.42. The van der Waals surface area contributed by atoms with Gasteiger partial charge >= 0.3 is 0 Å². The van der Waals surface area contributed by atoms with Crippen LogP contribution in [0, 0.1) is 20.8 Å². The highest BCUT2D eigenvalue weighted by molar-refractivity contribution is 5.37. The lowest BCUT2D eigenvalue weighted by Gasteiger charge is -2.11. The fraction of sp³-hybridized carbons (Fsp3) is 0.455. The molecule has 0 saturated heterocycles. The van der Waals surface area contributed by atoms with Gasteiger partial charge in [0.25, 0.3) is 0 Å². The summed E-state index contributed by atoms with van der Waals surface area (Å²) in [6, 6.07) is 4.19. The van der Waals surface area contributed by atoms with Crippen molar-refractivity contribution in [2.24, 2.45) is 0 Å². The maximum Gasteiger partial charge on any atom is 0.0764 e. The number of aliphatic hydroxyl groups is 1. The lowest BCUT2D eigenvalue weighted by Crippen LogP contribution is -1.97. The Kier molecular flexibility index (Phi) is 2.53. The third-order valence-corrected chi connectivity index (χ3v) is 2.33. The molecule has 0 heterocycles. The van der Waals surface area contributed by atoms with Gasteiger partial charge in [0.1, 0.15) is 0 Å². The Hall–Kier alpha value is -0.820. The van der Waals surface area contributed by atoms with Crippen molar-refractivity contribution in [1.29, 1.82) is 0 Å². The van der Waals surface area contributed by atoms with Gasteiger partial charge in [0.2, 0.25) is 0 Å². The summed E-state index contributed by atoms with van der Waals surface area (Å²) >= 11 is 0. The van der Waals surface area contributed by atoms with Gasteiger partial charge in [0, 0.05) is 0 Å². The van der Waals surface area contributed by atoms with E-state index < -0.39 is 0 Å². The Morgan fingerprint density at radius 3 is 2.00 bits per heavy atom. The van der Waals surface area contributed by atoms with Crippen molar-refractivity contribution >= 4 is 0 Å². The summed E-state index contributed by atoms with van der Waals surface area (Å²) in [5.74, 6) is 0. The standard InChI is InChI=1S/C11H16O/c1-7-5-9(3)11(10(4)12)6-8(7)2/h5-6,10,12H,1-4H3/t10-/m0/s1. The zero-order valence-electron chi connectivity index (χ0n) is 8.18. The van der Waals surface area contributed by atoms with E-state index in [0.717, 1.165) is 5.56 Å². The summed E-state index contributed by atoms with van der Waals surface area (Å²) in [6.07, 6.45) is -0.357. The molecule has 0 aliphatic rings. The van der Waals surface area contributed by atoms with E-state index in [2.05, 4.69) is 26.0 Å². The van der Waals surface area contributed by atoms with E-state index in [1.807, 2.05) is 6.92 Å². The zero-order chi connectivity index (χ0) is 9.30. The molecule has 0 fully saturated rings. The third kappa shape index (κ3) is 1.67. The van der Waals surface area contributed by atoms with Crippen molar-refractivity contribution in [3.8, 4) is 0 Å². The molecule has 1 heteroatoms. The van der Waals surface area contributed by atoms with Crippen LogP contribution in [0.25, 0.3) is 0 Å². The quantitative estimate of drug-likeness (QED) is 0.676. The summed E-state index contributed by atoms with van der Waals surface area (Å²) in [4.78, 5) is 0. The van der Waals surface area contributed by atoms with Crippen molar-refractivity contribution < 1.29 is 5.11 Å². The summed E-state index contributed by atoms with van der Waals surface area (Å²) in [5.41, 5.74) is 4.75. The van der Waals surface area contributed by atoms with Crippen molar-refractivity contribution in [1.82, 2.24) is 0 Å². The molecular formula is C11H16O. The van der Waals surface area contributed by atoms with E-state index in [-0.39, 0.29) is 6.10 Å². The molecule has 0 aliphatic heterocycles. The molecule has 1 atom stereocenters. The predicted octanol–water partition coefficient (Wildman–Crippen LogP) is 2.67. The van der Waals surface area contributed by atoms with Crippen LogP contribution < -0.4 is 0 Å². The number of hydrogen-bond donors (Lipinski definition) is 1. The highest BCUT2D eigenvalue weighted by Gasteiger charge is 2.05. The molecule has 0 saturated carbocycles. The van der Waals surface area contributed by atoms with Crippen LogP contribution in [0.2, 0.25) is 0 Å². The van der Waals surface area contributed by atoms with Crippen LogP contribution in [-0.2, 0) is 0 Å². The second-order valence-corrected chi connectivity index (χ2v) is 3.47. The monoisotopic (exact) mass is 164 g/mol. The van der Waals surface area contributed by atoms with Crippen molar-refractivity contribution in [3.05, 3.63) is 34.4 Å². The molecule has 0 unspecified atom stereocenters. The second kappa shape index (κ2) is 3.28. The van der Waals surface area contributed by atoms with E-state index in [4.69, 9.17) is 0 Å². The first kappa shape index (κ1) is 9.27. The van der Waals surface area contributed by atoms with E-state index in [1.165, 1.54) is 16.7 Å². The number of hydrogen-bond acceptors (Lipinski definition) is 1. The normalized spacial score (nSPS) is 13.1. The molecule has 0 amide bonds. The van der Waals surface area contributed by atoms with Gasteiger partial charge in [-0.2, -0.15) is 0 Å². The van der Waals surface area contributed by atoms with Crippen molar-refractivity contribution in [2.45, 2.75) is 33.8 Å². The Morgan fingerprint density at radius 1 is 1.00 bits per heavy atom. The number of aryl methyl sites for hydroxylation is 3. The fourth-order valence-electron chi connectivity index (χ4n) is 1.43. The van der Waals surface area contributed by atoms with Gasteiger partial charge < -0.3 is 5.11 Å². The fourth-order valence-corrected chi connectivity index (χ4v) is 1.43. The van der Waals surface area contributed by atoms with Crippen molar-refractivity contribution in [3.63, 3.8) is 0 Å². The molecular weight excluding hydrogens is 148 g/mol. The van der Waals surface area contributed by atoms with Crippen molar-refractivity contribution in [2.75, 3.05) is 0 Å². The molecule has 66 valence electrons. The van der Waals surface area contributed by atoms with Crippen LogP contribution in [0.5, 0.6) is 0 Å². The summed E-state index contributed by atoms with van der Waals surface area (Å²) in [5, 5.41) is 9.42. The zero-order valence-corrected chi connectivity index (χ0v) is 8.18. The van der Waals surface area contributed by atoms with Gasteiger partial charge in [0.15, 0.2) is 0 Å². The van der Waals surface area contributed by atoms with Gasteiger partial charge in [-0.25, -0.2) is 0 Å². The van der Waals surface area contributed by atoms with Crippen LogP contribution in [-0.4, -0.2) is 5.11 Å². The molecule has 0 bridgehead atoms. The first-order valence-corrected chi connectivity index (χ1v) is 4.28. The molecule has 1 aromatic rings. The van der Waals surface area contributed by atoms with Gasteiger partial charge in [-0.1, -0.05) is 12.1 Å². The number of benzene rings is 1. The van der Waals surface area contributed by atoms with Gasteiger partial charge in [-0.3, -0.25) is 0 Å². The average Bonchev–Trinajstić information content (AvgIpc) is 1.96. The molecule has 1 rings (SSSR count). The van der Waals surface area contributed by atoms with E-state index in [0.29, 0.717) is 0 Å². The Labute approximate surface area is 74.1 Å². The SMILES string of the molecule is Cc1cc(C)c([C@H](C)O)cc1C. The summed E-state index contributed by atoms with van der Waals surface area (Å²) in [7, 11) is 0. The van der Waals surface area contributed by atoms with E-state index in [9.17, 15) is 5.11 Å². The minimum absolute atomic E-state index is 0.357. The minimum Gasteiger partial charge on any atom is -0.389 e. The second-order valence-electron chi connectivity index (χ2n) is 3.47. The molecule has 1 nitrogen and oxygen atoms in total. The lowest BCUT2D eigenvalue weighted by molar-refractivity contribution is 0.198. The molecule has 0 aromatic heterocycles. The Balaban J connectivity index is 3.23. The van der Waals surface area contributed by atoms with Gasteiger partial charge in [-0.05, 0) is 49.9 Å². The minimum atomic E-state index is -0.357. The first-order chi connectivity index (χ1) is 5.52. The van der Waals surface area contributed by atoms with E-state index >= 15 is 0 Å². The summed E-state index contributed by atoms with van der Waals surface area (Å²) < 4.78 is 0. The lowest BCUT2D eigenvalue weighted by atomic mass is 9.98. The van der Waals surface area contributed by atoms with Crippen LogP contribution in [0.1, 0.15) is 35.3 Å². The molecule has 0 spiro atoms. The molecule has 12 heavy (non-hydrogen) atoms. The van der Waals surface area contributed by atoms with Gasteiger partial charge in [0.05, 0.1) is 6.10 Å². The van der Waals surface area contributed by atoms with Gasteiger partial charge in [-0.15, -0.1) is 0 Å². The highest BCUT2D eigenvalue weighted by Crippen LogP contribution is 2.20. The van der Waals surface area contributed by atoms with Crippen LogP contribution >= 0.6 is 0 Å². The topological polar surface area (TPSA) is 20.2 Å². The molecule has 1 N–H and O–H groups in total. The largest absolute Gasteiger partial charge is 0.389 e. The summed E-state index contributed by atoms with van der Waals surface area (Å²) in [6.45, 7) is 8.00. The predicted molar refractivity (Wildman–Crippen MR) is 51.3 cm³/mol. The molecule has 1 aromatic carbocycles.